The minimum atomic E-state index is -5.44. The number of unbranched alkanes of at least 4 members (excludes halogenated alkanes) is 7. The number of ether oxygens (including phenoxy) is 2. The van der Waals surface area contributed by atoms with E-state index in [9.17, 15) is 59.9 Å². The molecule has 2 rings (SSSR count). The van der Waals surface area contributed by atoms with Crippen molar-refractivity contribution in [3.63, 3.8) is 0 Å². The first-order valence-electron chi connectivity index (χ1n) is 23.7. The van der Waals surface area contributed by atoms with Crippen LogP contribution in [0.4, 0.5) is 0 Å². The van der Waals surface area contributed by atoms with E-state index in [-0.39, 0.29) is 19.3 Å². The zero-order valence-electron chi connectivity index (χ0n) is 38.1. The van der Waals surface area contributed by atoms with E-state index in [1.807, 2.05) is 6.92 Å². The van der Waals surface area contributed by atoms with E-state index in [1.54, 1.807) is 0 Å². The lowest BCUT2D eigenvalue weighted by Crippen LogP contribution is -2.55. The van der Waals surface area contributed by atoms with E-state index in [4.69, 9.17) is 18.5 Å². The molecular weight excluding hydrogens is 851 g/mol. The minimum Gasteiger partial charge on any atom is -0.462 e. The number of fused-ring (bicyclic) bond motifs is 4. The molecule has 64 heavy (non-hydrogen) atoms. The molecule has 2 bridgehead atoms. The summed E-state index contributed by atoms with van der Waals surface area (Å²) in [6.45, 7) is 2.72. The molecule has 2 aliphatic rings. The Balaban J connectivity index is 2.21. The Kier molecular flexibility index (Phi) is 30.0. The van der Waals surface area contributed by atoms with Gasteiger partial charge in [-0.25, -0.2) is 4.57 Å². The lowest BCUT2D eigenvalue weighted by Gasteiger charge is -2.37. The van der Waals surface area contributed by atoms with Crippen molar-refractivity contribution in [3.8, 4) is 0 Å². The fraction of sp³-hybridized carbons (Fsp3) is 0.787. The van der Waals surface area contributed by atoms with Gasteiger partial charge in [0.15, 0.2) is 6.10 Å². The fourth-order valence-electron chi connectivity index (χ4n) is 7.87. The van der Waals surface area contributed by atoms with Gasteiger partial charge in [-0.15, -0.1) is 0 Å². The van der Waals surface area contributed by atoms with Crippen molar-refractivity contribution in [1.82, 2.24) is 0 Å². The number of cyclic esters (lactones) is 1. The third kappa shape index (κ3) is 23.4. The predicted octanol–water partition coefficient (Wildman–Crippen LogP) is 5.55. The molecule has 16 nitrogen and oxygen atoms in total. The van der Waals surface area contributed by atoms with Gasteiger partial charge in [0.1, 0.15) is 31.0 Å². The second-order valence-electron chi connectivity index (χ2n) is 17.2. The molecule has 1 aliphatic heterocycles. The normalized spacial score (nSPS) is 33.0. The molecule has 1 saturated heterocycles. The number of hydrogen-bond donors (Lipinski definition) is 9. The molecule has 0 amide bonds. The summed E-state index contributed by atoms with van der Waals surface area (Å²) in [6, 6.07) is 0. The second kappa shape index (κ2) is 33.2. The van der Waals surface area contributed by atoms with Crippen LogP contribution in [0.2, 0.25) is 0 Å². The average molecular weight is 933 g/mol. The summed E-state index contributed by atoms with van der Waals surface area (Å²) in [6.07, 6.45) is 8.83. The lowest BCUT2D eigenvalue weighted by atomic mass is 9.82. The quantitative estimate of drug-likeness (QED) is 0.0314. The largest absolute Gasteiger partial charge is 0.472 e. The first-order chi connectivity index (χ1) is 30.6. The molecule has 0 radical (unpaired) electrons. The van der Waals surface area contributed by atoms with Crippen LogP contribution in [0, 0.1) is 11.8 Å². The zero-order valence-corrected chi connectivity index (χ0v) is 39.0. The maximum absolute atomic E-state index is 13.5. The molecular formula is C47H81O16P. The summed E-state index contributed by atoms with van der Waals surface area (Å²) in [4.78, 5) is 36.5. The summed E-state index contributed by atoms with van der Waals surface area (Å²) in [5.74, 6) is -3.92. The second-order valence-corrected chi connectivity index (χ2v) is 18.6. The molecule has 13 atom stereocenters. The van der Waals surface area contributed by atoms with Crippen LogP contribution >= 0.6 is 7.82 Å². The summed E-state index contributed by atoms with van der Waals surface area (Å²) in [7, 11) is -5.44. The highest BCUT2D eigenvalue weighted by atomic mass is 31.2. The van der Waals surface area contributed by atoms with Gasteiger partial charge >= 0.3 is 19.8 Å². The molecule has 0 aromatic carbocycles. The van der Waals surface area contributed by atoms with Crippen molar-refractivity contribution in [2.45, 2.75) is 210 Å². The molecule has 1 saturated carbocycles. The first-order valence-corrected chi connectivity index (χ1v) is 25.2. The summed E-state index contributed by atoms with van der Waals surface area (Å²) in [5.41, 5.74) is 0. The van der Waals surface area contributed by atoms with Crippen molar-refractivity contribution in [3.05, 3.63) is 48.6 Å². The van der Waals surface area contributed by atoms with Crippen LogP contribution in [0.25, 0.3) is 0 Å². The molecule has 0 aromatic heterocycles. The number of carbonyl (C=O) groups is 2. The number of hydrogen-bond acceptors (Lipinski definition) is 15. The van der Waals surface area contributed by atoms with Crippen LogP contribution in [0.1, 0.15) is 149 Å². The topological polar surface area (TPSA) is 270 Å². The van der Waals surface area contributed by atoms with Gasteiger partial charge < -0.3 is 55.2 Å². The summed E-state index contributed by atoms with van der Waals surface area (Å²) in [5, 5.41) is 90.2. The molecule has 17 heteroatoms. The van der Waals surface area contributed by atoms with Gasteiger partial charge in [-0.3, -0.25) is 18.6 Å². The number of allylic oxidation sites excluding steroid dienone is 6. The van der Waals surface area contributed by atoms with Crippen LogP contribution in [-0.2, 0) is 32.7 Å². The van der Waals surface area contributed by atoms with E-state index in [0.717, 1.165) is 64.2 Å². The van der Waals surface area contributed by atoms with Gasteiger partial charge in [0.2, 0.25) is 0 Å². The molecule has 2 fully saturated rings. The SMILES string of the molecule is CC/C=C\C/C=C\C/C=C\CCCCCCCC(=O)O[C@@H]1COC(=O)CCCCCC[C@@H]2[C@@H](O)[C@H](O)[C@@H](O)[C@H](OP(=O)(O)OC1)[C@H](O)[C@H](O)[C@@H](/C=C/[C@@H](O)CCCCC)[C@H](O)C[C@@H]2O. The third-order valence-corrected chi connectivity index (χ3v) is 12.7. The monoisotopic (exact) mass is 933 g/mol. The van der Waals surface area contributed by atoms with E-state index >= 15 is 0 Å². The first kappa shape index (κ1) is 57.8. The number of rotatable bonds is 20. The van der Waals surface area contributed by atoms with E-state index < -0.39 is 112 Å². The zero-order chi connectivity index (χ0) is 47.3. The highest BCUT2D eigenvalue weighted by Gasteiger charge is 2.49. The highest BCUT2D eigenvalue weighted by molar-refractivity contribution is 7.47. The molecule has 0 aromatic rings. The van der Waals surface area contributed by atoms with Gasteiger partial charge in [-0.1, -0.05) is 120 Å². The standard InChI is InChI=1S/C47H81O16P/c1-3-5-7-8-9-10-11-12-13-14-15-16-17-18-24-28-41(52)62-35-32-60-40(51)27-23-20-19-22-26-36-38(49)31-39(50)37(30-29-34(48)25-21-6-4-2)43(54)45(56)47(46(57)44(55)42(36)53)63-64(58,59)61-33-35/h5,7,9-10,12-13,29-30,34-39,42-50,53-57H,3-4,6,8,11,14-28,31-33H2,1-2H3,(H,58,59)/b7-5-,10-9-,13-12-,30-29+/t34-,35+,36-,37-,38-,39+,42+,43+,44-,45+,46+,47+/m0/s1. The number of carbonyl (C=O) groups excluding carboxylic acids is 2. The maximum atomic E-state index is 13.5. The van der Waals surface area contributed by atoms with Crippen LogP contribution in [0.15, 0.2) is 48.6 Å². The van der Waals surface area contributed by atoms with Crippen LogP contribution in [-0.4, -0.2) is 132 Å². The Bertz CT molecular complexity index is 1440. The molecule has 9 N–H and O–H groups in total. The van der Waals surface area contributed by atoms with E-state index in [2.05, 4.69) is 43.4 Å². The van der Waals surface area contributed by atoms with Crippen LogP contribution in [0.5, 0.6) is 0 Å². The Morgan fingerprint density at radius 2 is 1.42 bits per heavy atom. The van der Waals surface area contributed by atoms with Crippen molar-refractivity contribution >= 4 is 19.8 Å². The van der Waals surface area contributed by atoms with Crippen molar-refractivity contribution < 1.29 is 78.4 Å². The summed E-state index contributed by atoms with van der Waals surface area (Å²) >= 11 is 0. The number of phosphoric ester groups is 1. The molecule has 1 aliphatic carbocycles. The van der Waals surface area contributed by atoms with E-state index in [1.165, 1.54) is 12.2 Å². The summed E-state index contributed by atoms with van der Waals surface area (Å²) < 4.78 is 34.8. The van der Waals surface area contributed by atoms with Gasteiger partial charge in [0.05, 0.1) is 37.1 Å². The van der Waals surface area contributed by atoms with Crippen molar-refractivity contribution in [2.24, 2.45) is 11.8 Å². The van der Waals surface area contributed by atoms with Gasteiger partial charge in [-0.2, -0.15) is 0 Å². The lowest BCUT2D eigenvalue weighted by molar-refractivity contribution is -0.167. The Hall–Kier alpha value is -2.31. The molecule has 1 unspecified atom stereocenters. The Morgan fingerprint density at radius 1 is 0.766 bits per heavy atom. The number of phosphoric acid groups is 1. The van der Waals surface area contributed by atoms with Gasteiger partial charge in [-0.05, 0) is 57.8 Å². The predicted molar refractivity (Wildman–Crippen MR) is 241 cm³/mol. The highest BCUT2D eigenvalue weighted by Crippen LogP contribution is 2.47. The fourth-order valence-corrected chi connectivity index (χ4v) is 8.84. The average Bonchev–Trinajstić information content (AvgIpc) is 3.26. The number of aliphatic hydroxyl groups is 8. The van der Waals surface area contributed by atoms with E-state index in [0.29, 0.717) is 44.9 Å². The minimum absolute atomic E-state index is 0.00277. The Labute approximate surface area is 380 Å². The van der Waals surface area contributed by atoms with Gasteiger partial charge in [0.25, 0.3) is 0 Å². The number of aliphatic hydroxyl groups excluding tert-OH is 8. The molecule has 1 heterocycles. The third-order valence-electron chi connectivity index (χ3n) is 11.7. The maximum Gasteiger partial charge on any atom is 0.472 e. The Morgan fingerprint density at radius 3 is 2.14 bits per heavy atom. The van der Waals surface area contributed by atoms with Crippen molar-refractivity contribution in [2.75, 3.05) is 13.2 Å². The van der Waals surface area contributed by atoms with Crippen molar-refractivity contribution in [1.29, 1.82) is 0 Å². The van der Waals surface area contributed by atoms with Gasteiger partial charge in [0, 0.05) is 31.1 Å². The number of esters is 2. The smallest absolute Gasteiger partial charge is 0.462 e. The van der Waals surface area contributed by atoms with Crippen LogP contribution in [0.3, 0.4) is 0 Å². The van der Waals surface area contributed by atoms with Crippen LogP contribution < -0.4 is 0 Å². The molecule has 370 valence electrons. The molecule has 0 spiro atoms.